The van der Waals surface area contributed by atoms with Crippen LogP contribution in [0.2, 0.25) is 0 Å². The zero-order valence-electron chi connectivity index (χ0n) is 10.9. The summed E-state index contributed by atoms with van der Waals surface area (Å²) in [5.74, 6) is 0.932. The molecule has 0 aromatic rings. The van der Waals surface area contributed by atoms with E-state index >= 15 is 0 Å². The Balaban J connectivity index is 2.23. The van der Waals surface area contributed by atoms with Crippen LogP contribution >= 0.6 is 0 Å². The van der Waals surface area contributed by atoms with E-state index in [1.807, 2.05) is 6.92 Å². The second kappa shape index (κ2) is 6.22. The Morgan fingerprint density at radius 2 is 2.19 bits per heavy atom. The molecular formula is C13H25N3. The highest BCUT2D eigenvalue weighted by Crippen LogP contribution is 2.29. The third kappa shape index (κ3) is 4.96. The number of nitrogens with one attached hydrogen (secondary N) is 1. The summed E-state index contributed by atoms with van der Waals surface area (Å²) < 4.78 is 0. The number of hydrogen-bond donors (Lipinski definition) is 1. The third-order valence-electron chi connectivity index (χ3n) is 3.27. The Morgan fingerprint density at radius 3 is 2.69 bits per heavy atom. The fourth-order valence-electron chi connectivity index (χ4n) is 1.83. The monoisotopic (exact) mass is 223 g/mol. The fraction of sp³-hybridized carbons (Fsp3) is 0.923. The van der Waals surface area contributed by atoms with Crippen molar-refractivity contribution in [2.75, 3.05) is 26.7 Å². The van der Waals surface area contributed by atoms with Crippen LogP contribution in [0, 0.1) is 17.2 Å². The molecule has 1 N–H and O–H groups in total. The summed E-state index contributed by atoms with van der Waals surface area (Å²) in [6.45, 7) is 7.28. The van der Waals surface area contributed by atoms with Crippen LogP contribution in [0.5, 0.6) is 0 Å². The lowest BCUT2D eigenvalue weighted by Crippen LogP contribution is -2.44. The lowest BCUT2D eigenvalue weighted by Gasteiger charge is -2.26. The molecule has 0 bridgehead atoms. The van der Waals surface area contributed by atoms with Crippen molar-refractivity contribution in [3.8, 4) is 6.07 Å². The molecule has 0 aromatic carbocycles. The number of nitrogens with zero attached hydrogens (tertiary/aromatic N) is 2. The smallest absolute Gasteiger partial charge is 0.105 e. The molecule has 0 radical (unpaired) electrons. The summed E-state index contributed by atoms with van der Waals surface area (Å²) in [4.78, 5) is 2.36. The maximum Gasteiger partial charge on any atom is 0.105 e. The largest absolute Gasteiger partial charge is 0.306 e. The van der Waals surface area contributed by atoms with E-state index in [1.165, 1.54) is 19.4 Å². The Kier molecular flexibility index (Phi) is 5.24. The topological polar surface area (TPSA) is 39.1 Å². The molecule has 1 atom stereocenters. The van der Waals surface area contributed by atoms with Gasteiger partial charge in [-0.1, -0.05) is 6.92 Å². The minimum atomic E-state index is -0.353. The number of nitriles is 1. The van der Waals surface area contributed by atoms with E-state index in [0.717, 1.165) is 31.8 Å². The molecule has 16 heavy (non-hydrogen) atoms. The van der Waals surface area contributed by atoms with Crippen LogP contribution < -0.4 is 5.32 Å². The first kappa shape index (κ1) is 13.5. The lowest BCUT2D eigenvalue weighted by molar-refractivity contribution is 0.279. The molecule has 0 heterocycles. The van der Waals surface area contributed by atoms with Gasteiger partial charge in [-0.2, -0.15) is 5.26 Å². The summed E-state index contributed by atoms with van der Waals surface area (Å²) in [5, 5.41) is 12.5. The zero-order valence-corrected chi connectivity index (χ0v) is 10.9. The van der Waals surface area contributed by atoms with Crippen LogP contribution in [0.4, 0.5) is 0 Å². The molecule has 92 valence electrons. The second-order valence-corrected chi connectivity index (χ2v) is 5.33. The van der Waals surface area contributed by atoms with E-state index in [9.17, 15) is 5.26 Å². The van der Waals surface area contributed by atoms with E-state index in [1.54, 1.807) is 0 Å². The van der Waals surface area contributed by atoms with Gasteiger partial charge in [0.15, 0.2) is 0 Å². The predicted octanol–water partition coefficient (Wildman–Crippen LogP) is 2.00. The van der Waals surface area contributed by atoms with Gasteiger partial charge in [0.2, 0.25) is 0 Å². The quantitative estimate of drug-likeness (QED) is 0.684. The summed E-state index contributed by atoms with van der Waals surface area (Å²) in [5.41, 5.74) is -0.353. The maximum atomic E-state index is 9.19. The summed E-state index contributed by atoms with van der Waals surface area (Å²) in [7, 11) is 2.16. The van der Waals surface area contributed by atoms with Crippen molar-refractivity contribution < 1.29 is 0 Å². The van der Waals surface area contributed by atoms with Crippen LogP contribution in [0.3, 0.4) is 0 Å². The lowest BCUT2D eigenvalue weighted by atomic mass is 9.99. The van der Waals surface area contributed by atoms with Crippen molar-refractivity contribution in [1.29, 1.82) is 5.26 Å². The summed E-state index contributed by atoms with van der Waals surface area (Å²) in [6, 6.07) is 2.40. The maximum absolute atomic E-state index is 9.19. The van der Waals surface area contributed by atoms with Crippen LogP contribution in [0.25, 0.3) is 0 Å². The highest BCUT2D eigenvalue weighted by molar-refractivity contribution is 5.03. The van der Waals surface area contributed by atoms with E-state index in [-0.39, 0.29) is 5.54 Å². The van der Waals surface area contributed by atoms with Gasteiger partial charge in [-0.15, -0.1) is 0 Å². The molecule has 0 amide bonds. The molecule has 0 spiro atoms. The molecule has 1 fully saturated rings. The van der Waals surface area contributed by atoms with Gasteiger partial charge in [0, 0.05) is 13.1 Å². The van der Waals surface area contributed by atoms with Crippen molar-refractivity contribution >= 4 is 0 Å². The third-order valence-corrected chi connectivity index (χ3v) is 3.27. The molecule has 0 saturated heterocycles. The van der Waals surface area contributed by atoms with Crippen molar-refractivity contribution in [1.82, 2.24) is 10.2 Å². The molecule has 0 aromatic heterocycles. The average molecular weight is 223 g/mol. The molecule has 1 aliphatic rings. The van der Waals surface area contributed by atoms with Crippen molar-refractivity contribution in [3.63, 3.8) is 0 Å². The summed E-state index contributed by atoms with van der Waals surface area (Å²) >= 11 is 0. The highest BCUT2D eigenvalue weighted by Gasteiger charge is 2.26. The SMILES string of the molecule is CCCNC(C)(C#N)CCN(C)CC1CC1. The Labute approximate surface area is 99.8 Å². The standard InChI is InChI=1S/C13H25N3/c1-4-8-15-13(2,11-14)7-9-16(3)10-12-5-6-12/h12,15H,4-10H2,1-3H3. The number of hydrogen-bond acceptors (Lipinski definition) is 3. The van der Waals surface area contributed by atoms with Gasteiger partial charge in [0.05, 0.1) is 6.07 Å². The summed E-state index contributed by atoms with van der Waals surface area (Å²) in [6.07, 6.45) is 4.78. The molecule has 1 rings (SSSR count). The van der Waals surface area contributed by atoms with E-state index in [2.05, 4.69) is 30.3 Å². The van der Waals surface area contributed by atoms with Gasteiger partial charge in [0.25, 0.3) is 0 Å². The van der Waals surface area contributed by atoms with E-state index in [0.29, 0.717) is 0 Å². The number of rotatable bonds is 8. The van der Waals surface area contributed by atoms with Crippen LogP contribution in [-0.2, 0) is 0 Å². The van der Waals surface area contributed by atoms with Gasteiger partial charge >= 0.3 is 0 Å². The van der Waals surface area contributed by atoms with Gasteiger partial charge in [0.1, 0.15) is 5.54 Å². The van der Waals surface area contributed by atoms with Gasteiger partial charge < -0.3 is 4.90 Å². The van der Waals surface area contributed by atoms with Crippen LogP contribution in [0.15, 0.2) is 0 Å². The normalized spacial score (nSPS) is 19.4. The van der Waals surface area contributed by atoms with Gasteiger partial charge in [-0.3, -0.25) is 5.32 Å². The first-order chi connectivity index (χ1) is 7.59. The molecule has 1 unspecified atom stereocenters. The first-order valence-corrected chi connectivity index (χ1v) is 6.44. The zero-order chi connectivity index (χ0) is 12.0. The Hall–Kier alpha value is -0.590. The molecule has 1 aliphatic carbocycles. The highest BCUT2D eigenvalue weighted by atomic mass is 15.1. The molecule has 0 aliphatic heterocycles. The van der Waals surface area contributed by atoms with E-state index < -0.39 is 0 Å². The van der Waals surface area contributed by atoms with E-state index in [4.69, 9.17) is 0 Å². The van der Waals surface area contributed by atoms with Crippen molar-refractivity contribution in [3.05, 3.63) is 0 Å². The van der Waals surface area contributed by atoms with Crippen LogP contribution in [-0.4, -0.2) is 37.1 Å². The minimum absolute atomic E-state index is 0.353. The minimum Gasteiger partial charge on any atom is -0.306 e. The fourth-order valence-corrected chi connectivity index (χ4v) is 1.83. The Bertz CT molecular complexity index is 242. The van der Waals surface area contributed by atoms with Gasteiger partial charge in [-0.05, 0) is 52.1 Å². The van der Waals surface area contributed by atoms with Gasteiger partial charge in [-0.25, -0.2) is 0 Å². The van der Waals surface area contributed by atoms with Crippen molar-refractivity contribution in [2.24, 2.45) is 5.92 Å². The second-order valence-electron chi connectivity index (χ2n) is 5.33. The molecule has 3 heteroatoms. The van der Waals surface area contributed by atoms with Crippen LogP contribution in [0.1, 0.15) is 39.5 Å². The molecule has 3 nitrogen and oxygen atoms in total. The Morgan fingerprint density at radius 1 is 1.50 bits per heavy atom. The molecule has 1 saturated carbocycles. The first-order valence-electron chi connectivity index (χ1n) is 6.44. The predicted molar refractivity (Wildman–Crippen MR) is 67.1 cm³/mol. The average Bonchev–Trinajstić information content (AvgIpc) is 3.07. The van der Waals surface area contributed by atoms with Crippen molar-refractivity contribution in [2.45, 2.75) is 45.1 Å². The molecular weight excluding hydrogens is 198 g/mol.